The first-order valence-corrected chi connectivity index (χ1v) is 13.6. The minimum Gasteiger partial charge on any atom is -0.507 e. The molecule has 6 nitrogen and oxygen atoms in total. The van der Waals surface area contributed by atoms with Gasteiger partial charge in [0.25, 0.3) is 0 Å². The van der Waals surface area contributed by atoms with Crippen LogP contribution in [0.25, 0.3) is 22.4 Å². The van der Waals surface area contributed by atoms with Crippen LogP contribution in [0.15, 0.2) is 76.2 Å². The van der Waals surface area contributed by atoms with Crippen LogP contribution in [-0.2, 0) is 13.1 Å². The molecule has 5 aromatic rings. The molecule has 2 N–H and O–H groups in total. The number of aliphatic imine (C=N–C) groups is 1. The highest BCUT2D eigenvalue weighted by Gasteiger charge is 2.29. The van der Waals surface area contributed by atoms with Gasteiger partial charge in [0.05, 0.1) is 39.0 Å². The van der Waals surface area contributed by atoms with E-state index in [2.05, 4.69) is 77.1 Å². The zero-order chi connectivity index (χ0) is 26.0. The summed E-state index contributed by atoms with van der Waals surface area (Å²) in [7, 11) is 0. The Hall–Kier alpha value is -3.52. The van der Waals surface area contributed by atoms with E-state index >= 15 is 0 Å². The van der Waals surface area contributed by atoms with E-state index in [0.717, 1.165) is 35.3 Å². The van der Waals surface area contributed by atoms with E-state index in [1.54, 1.807) is 24.3 Å². The van der Waals surface area contributed by atoms with Crippen molar-refractivity contribution >= 4 is 73.4 Å². The number of hydrogen-bond acceptors (Lipinski definition) is 5. The third-order valence-corrected chi connectivity index (χ3v) is 8.23. The molecule has 0 amide bonds. The topological polar surface area (TPSA) is 67.8 Å². The van der Waals surface area contributed by atoms with E-state index in [1.807, 2.05) is 12.3 Å². The second kappa shape index (κ2) is 9.05. The molecule has 0 saturated heterocycles. The zero-order valence-corrected chi connectivity index (χ0v) is 23.0. The third-order valence-electron chi connectivity index (χ3n) is 7.01. The van der Waals surface area contributed by atoms with Crippen molar-refractivity contribution in [3.05, 3.63) is 97.9 Å². The Morgan fingerprint density at radius 1 is 0.895 bits per heavy atom. The van der Waals surface area contributed by atoms with Gasteiger partial charge in [0.15, 0.2) is 0 Å². The summed E-state index contributed by atoms with van der Waals surface area (Å²) in [6.45, 7) is 2.64. The molecular formula is C29H20BrCl2N5O. The first-order chi connectivity index (χ1) is 18.4. The summed E-state index contributed by atoms with van der Waals surface area (Å²) in [6.07, 6.45) is 1.83. The molecule has 2 aliphatic rings. The van der Waals surface area contributed by atoms with E-state index < -0.39 is 0 Å². The summed E-state index contributed by atoms with van der Waals surface area (Å²) in [5.41, 5.74) is 8.82. The molecule has 9 heteroatoms. The molecule has 0 fully saturated rings. The van der Waals surface area contributed by atoms with Crippen molar-refractivity contribution in [2.24, 2.45) is 4.99 Å². The number of nitrogens with zero attached hydrogens (tertiary/aromatic N) is 4. The third kappa shape index (κ3) is 4.11. The van der Waals surface area contributed by atoms with Crippen LogP contribution in [0.3, 0.4) is 0 Å². The molecule has 3 heterocycles. The van der Waals surface area contributed by atoms with Crippen LogP contribution in [0.4, 0.5) is 17.1 Å². The second-order valence-electron chi connectivity index (χ2n) is 9.53. The van der Waals surface area contributed by atoms with Crippen molar-refractivity contribution in [3.8, 4) is 17.1 Å². The SMILES string of the molecule is Oc1cc(/N=C/c2ccc3c(c2)CN2CN3Cc3cc(Br)ccc32)ccc1-c1nc2cc(Cl)c(Cl)cc2[nH]1. The molecule has 7 rings (SSSR count). The Bertz CT molecular complexity index is 1740. The first kappa shape index (κ1) is 23.6. The number of hydrogen-bond donors (Lipinski definition) is 2. The standard InChI is InChI=1S/C29H20BrCl2N5O/c30-19-2-6-27-18(8-19)14-37-15-36(27)13-17-7-16(1-5-26(17)37)12-33-20-3-4-21(28(38)9-20)29-34-24-10-22(31)23(32)11-25(24)35-29/h1-12,38H,13-15H2,(H,34,35)/b33-12+. The molecule has 0 radical (unpaired) electrons. The van der Waals surface area contributed by atoms with Crippen molar-refractivity contribution < 1.29 is 5.11 Å². The summed E-state index contributed by atoms with van der Waals surface area (Å²) in [4.78, 5) is 17.2. The van der Waals surface area contributed by atoms with Gasteiger partial charge < -0.3 is 19.9 Å². The number of imidazole rings is 1. The highest BCUT2D eigenvalue weighted by Crippen LogP contribution is 2.39. The second-order valence-corrected chi connectivity index (χ2v) is 11.3. The minimum absolute atomic E-state index is 0.0834. The fourth-order valence-electron chi connectivity index (χ4n) is 5.23. The van der Waals surface area contributed by atoms with Gasteiger partial charge in [-0.05, 0) is 71.3 Å². The van der Waals surface area contributed by atoms with Crippen LogP contribution >= 0.6 is 39.1 Å². The largest absolute Gasteiger partial charge is 0.507 e. The maximum atomic E-state index is 10.7. The molecule has 38 heavy (non-hydrogen) atoms. The number of anilines is 2. The molecule has 0 atom stereocenters. The number of phenolic OH excluding ortho intramolecular Hbond substituents is 1. The van der Waals surface area contributed by atoms with E-state index in [-0.39, 0.29) is 5.75 Å². The predicted molar refractivity (Wildman–Crippen MR) is 158 cm³/mol. The average Bonchev–Trinajstić information content (AvgIpc) is 3.29. The number of phenols is 1. The highest BCUT2D eigenvalue weighted by molar-refractivity contribution is 9.10. The maximum Gasteiger partial charge on any atom is 0.142 e. The summed E-state index contributed by atoms with van der Waals surface area (Å²) in [6, 6.07) is 21.7. The number of nitrogens with one attached hydrogen (secondary N) is 1. The number of halogens is 3. The zero-order valence-electron chi connectivity index (χ0n) is 19.9. The first-order valence-electron chi connectivity index (χ1n) is 12.0. The van der Waals surface area contributed by atoms with Crippen molar-refractivity contribution in [1.29, 1.82) is 0 Å². The molecule has 2 aliphatic heterocycles. The fourth-order valence-corrected chi connectivity index (χ4v) is 5.96. The van der Waals surface area contributed by atoms with Crippen molar-refractivity contribution in [3.63, 3.8) is 0 Å². The van der Waals surface area contributed by atoms with Gasteiger partial charge in [-0.2, -0.15) is 0 Å². The van der Waals surface area contributed by atoms with E-state index in [0.29, 0.717) is 32.6 Å². The smallest absolute Gasteiger partial charge is 0.142 e. The number of fused-ring (bicyclic) bond motifs is 7. The van der Waals surface area contributed by atoms with E-state index in [1.165, 1.54) is 22.5 Å². The van der Waals surface area contributed by atoms with Crippen LogP contribution in [0.2, 0.25) is 10.0 Å². The Labute approximate surface area is 237 Å². The molecule has 0 aliphatic carbocycles. The number of benzene rings is 4. The summed E-state index contributed by atoms with van der Waals surface area (Å²) < 4.78 is 1.11. The van der Waals surface area contributed by atoms with Crippen LogP contribution in [0.1, 0.15) is 16.7 Å². The number of aromatic amines is 1. The van der Waals surface area contributed by atoms with Gasteiger partial charge >= 0.3 is 0 Å². The van der Waals surface area contributed by atoms with Crippen LogP contribution < -0.4 is 9.80 Å². The summed E-state index contributed by atoms with van der Waals surface area (Å²) in [5.74, 6) is 0.616. The van der Waals surface area contributed by atoms with Gasteiger partial charge in [-0.1, -0.05) is 45.2 Å². The number of aromatic nitrogens is 2. The van der Waals surface area contributed by atoms with Gasteiger partial charge in [0, 0.05) is 41.2 Å². The quantitative estimate of drug-likeness (QED) is 0.204. The normalized spacial score (nSPS) is 14.3. The Morgan fingerprint density at radius 2 is 1.63 bits per heavy atom. The molecule has 0 saturated carbocycles. The van der Waals surface area contributed by atoms with Gasteiger partial charge in [-0.3, -0.25) is 4.99 Å². The van der Waals surface area contributed by atoms with Crippen molar-refractivity contribution in [2.45, 2.75) is 13.1 Å². The fraction of sp³-hybridized carbons (Fsp3) is 0.103. The monoisotopic (exact) mass is 603 g/mol. The summed E-state index contributed by atoms with van der Waals surface area (Å²) in [5, 5.41) is 11.6. The highest BCUT2D eigenvalue weighted by atomic mass is 79.9. The Kier molecular flexibility index (Phi) is 5.62. The van der Waals surface area contributed by atoms with Gasteiger partial charge in [-0.15, -0.1) is 0 Å². The summed E-state index contributed by atoms with van der Waals surface area (Å²) >= 11 is 15.8. The number of aromatic hydroxyl groups is 1. The average molecular weight is 605 g/mol. The molecule has 0 unspecified atom stereocenters. The molecule has 4 aromatic carbocycles. The lowest BCUT2D eigenvalue weighted by molar-refractivity contribution is 0.477. The molecule has 188 valence electrons. The predicted octanol–water partition coefficient (Wildman–Crippen LogP) is 8.05. The van der Waals surface area contributed by atoms with E-state index in [9.17, 15) is 5.11 Å². The number of rotatable bonds is 3. The molecule has 0 spiro atoms. The van der Waals surface area contributed by atoms with Gasteiger partial charge in [0.1, 0.15) is 11.6 Å². The van der Waals surface area contributed by atoms with Crippen molar-refractivity contribution in [2.75, 3.05) is 16.5 Å². The molecule has 1 aromatic heterocycles. The van der Waals surface area contributed by atoms with Crippen LogP contribution in [0, 0.1) is 0 Å². The molecular weight excluding hydrogens is 585 g/mol. The lowest BCUT2D eigenvalue weighted by atomic mass is 10.0. The van der Waals surface area contributed by atoms with Crippen LogP contribution in [-0.4, -0.2) is 28.0 Å². The van der Waals surface area contributed by atoms with Gasteiger partial charge in [-0.25, -0.2) is 4.98 Å². The van der Waals surface area contributed by atoms with E-state index in [4.69, 9.17) is 23.2 Å². The Morgan fingerprint density at radius 3 is 2.42 bits per heavy atom. The van der Waals surface area contributed by atoms with Crippen LogP contribution in [0.5, 0.6) is 5.75 Å². The van der Waals surface area contributed by atoms with Gasteiger partial charge in [0.2, 0.25) is 0 Å². The lowest BCUT2D eigenvalue weighted by Crippen LogP contribution is -2.46. The van der Waals surface area contributed by atoms with Crippen molar-refractivity contribution in [1.82, 2.24) is 9.97 Å². The Balaban J connectivity index is 1.13. The number of H-pyrrole nitrogens is 1. The maximum absolute atomic E-state index is 10.7. The lowest BCUT2D eigenvalue weighted by Gasteiger charge is -2.44. The molecule has 2 bridgehead atoms. The minimum atomic E-state index is 0.0834.